The first kappa shape index (κ1) is 13.6. The van der Waals surface area contributed by atoms with Crippen LogP contribution in [0.3, 0.4) is 0 Å². The Kier molecular flexibility index (Phi) is 4.58. The van der Waals surface area contributed by atoms with Gasteiger partial charge >= 0.3 is 5.97 Å². The molecule has 0 unspecified atom stereocenters. The molecule has 98 valence electrons. The summed E-state index contributed by atoms with van der Waals surface area (Å²) >= 11 is 3.33. The third-order valence-electron chi connectivity index (χ3n) is 2.61. The van der Waals surface area contributed by atoms with Crippen LogP contribution in [-0.4, -0.2) is 13.1 Å². The summed E-state index contributed by atoms with van der Waals surface area (Å²) in [6.07, 6.45) is 0. The largest absolute Gasteiger partial charge is 0.497 e. The molecule has 0 amide bonds. The van der Waals surface area contributed by atoms with Crippen LogP contribution in [0.15, 0.2) is 53.0 Å². The third kappa shape index (κ3) is 3.58. The fraction of sp³-hybridized carbons (Fsp3) is 0.133. The van der Waals surface area contributed by atoms with E-state index in [0.717, 1.165) is 5.56 Å². The molecule has 2 aromatic carbocycles. The van der Waals surface area contributed by atoms with E-state index in [1.54, 1.807) is 25.3 Å². The average Bonchev–Trinajstić information content (AvgIpc) is 2.45. The lowest BCUT2D eigenvalue weighted by molar-refractivity contribution is 0.0471. The van der Waals surface area contributed by atoms with Gasteiger partial charge in [-0.1, -0.05) is 30.3 Å². The van der Waals surface area contributed by atoms with Gasteiger partial charge in [-0.05, 0) is 39.7 Å². The highest BCUT2D eigenvalue weighted by atomic mass is 79.9. The van der Waals surface area contributed by atoms with Crippen LogP contribution in [0.5, 0.6) is 5.75 Å². The Morgan fingerprint density at radius 3 is 2.53 bits per heavy atom. The standard InChI is InChI=1S/C15H13BrO3/c1-18-12-7-8-13(14(16)9-12)15(17)19-10-11-5-3-2-4-6-11/h2-9H,10H2,1H3. The minimum absolute atomic E-state index is 0.262. The number of halogens is 1. The summed E-state index contributed by atoms with van der Waals surface area (Å²) < 4.78 is 11.0. The normalized spacial score (nSPS) is 10.0. The van der Waals surface area contributed by atoms with Crippen molar-refractivity contribution < 1.29 is 14.3 Å². The lowest BCUT2D eigenvalue weighted by Crippen LogP contribution is -2.06. The molecule has 0 aliphatic rings. The molecule has 0 atom stereocenters. The second-order valence-corrected chi connectivity index (χ2v) is 4.76. The SMILES string of the molecule is COc1ccc(C(=O)OCc2ccccc2)c(Br)c1. The predicted molar refractivity (Wildman–Crippen MR) is 76.3 cm³/mol. The summed E-state index contributed by atoms with van der Waals surface area (Å²) in [5, 5.41) is 0. The minimum atomic E-state index is -0.363. The third-order valence-corrected chi connectivity index (χ3v) is 3.27. The number of esters is 1. The maximum absolute atomic E-state index is 11.9. The zero-order valence-electron chi connectivity index (χ0n) is 10.4. The first-order valence-electron chi connectivity index (χ1n) is 5.75. The van der Waals surface area contributed by atoms with E-state index in [4.69, 9.17) is 9.47 Å². The summed E-state index contributed by atoms with van der Waals surface area (Å²) in [5.41, 5.74) is 1.44. The average molecular weight is 321 g/mol. The molecule has 0 saturated carbocycles. The summed E-state index contributed by atoms with van der Waals surface area (Å²) in [5.74, 6) is 0.324. The van der Waals surface area contributed by atoms with Crippen LogP contribution in [0.1, 0.15) is 15.9 Å². The molecule has 0 aromatic heterocycles. The first-order valence-corrected chi connectivity index (χ1v) is 6.54. The van der Waals surface area contributed by atoms with Crippen molar-refractivity contribution in [1.29, 1.82) is 0 Å². The molecule has 0 aliphatic heterocycles. The van der Waals surface area contributed by atoms with E-state index in [0.29, 0.717) is 15.8 Å². The Morgan fingerprint density at radius 1 is 1.16 bits per heavy atom. The van der Waals surface area contributed by atoms with Crippen LogP contribution in [0.2, 0.25) is 0 Å². The Morgan fingerprint density at radius 2 is 1.89 bits per heavy atom. The summed E-state index contributed by atoms with van der Waals surface area (Å²) in [7, 11) is 1.58. The zero-order chi connectivity index (χ0) is 13.7. The lowest BCUT2D eigenvalue weighted by Gasteiger charge is -2.07. The van der Waals surface area contributed by atoms with Gasteiger partial charge in [0, 0.05) is 4.47 Å². The molecule has 3 nitrogen and oxygen atoms in total. The monoisotopic (exact) mass is 320 g/mol. The molecule has 2 aromatic rings. The molecular formula is C15H13BrO3. The van der Waals surface area contributed by atoms with E-state index in [9.17, 15) is 4.79 Å². The second kappa shape index (κ2) is 6.38. The smallest absolute Gasteiger partial charge is 0.339 e. The maximum atomic E-state index is 11.9. The summed E-state index contributed by atoms with van der Waals surface area (Å²) in [6.45, 7) is 0.262. The number of benzene rings is 2. The van der Waals surface area contributed by atoms with Crippen molar-refractivity contribution in [3.05, 3.63) is 64.1 Å². The van der Waals surface area contributed by atoms with Crippen molar-refractivity contribution >= 4 is 21.9 Å². The molecule has 0 spiro atoms. The molecular weight excluding hydrogens is 308 g/mol. The molecule has 0 radical (unpaired) electrons. The van der Waals surface area contributed by atoms with Gasteiger partial charge in [-0.25, -0.2) is 4.79 Å². The number of rotatable bonds is 4. The summed E-state index contributed by atoms with van der Waals surface area (Å²) in [4.78, 5) is 11.9. The van der Waals surface area contributed by atoms with Crippen LogP contribution in [0.4, 0.5) is 0 Å². The molecule has 4 heteroatoms. The molecule has 0 aliphatic carbocycles. The van der Waals surface area contributed by atoms with Crippen LogP contribution in [0, 0.1) is 0 Å². The first-order chi connectivity index (χ1) is 9.20. The predicted octanol–water partition coefficient (Wildman–Crippen LogP) is 3.81. The van der Waals surface area contributed by atoms with Gasteiger partial charge in [0.05, 0.1) is 12.7 Å². The highest BCUT2D eigenvalue weighted by molar-refractivity contribution is 9.10. The molecule has 0 bridgehead atoms. The topological polar surface area (TPSA) is 35.5 Å². The summed E-state index contributed by atoms with van der Waals surface area (Å²) in [6, 6.07) is 14.7. The zero-order valence-corrected chi connectivity index (χ0v) is 12.0. The van der Waals surface area contributed by atoms with Gasteiger partial charge in [0.15, 0.2) is 0 Å². The van der Waals surface area contributed by atoms with Crippen molar-refractivity contribution in [3.63, 3.8) is 0 Å². The van der Waals surface area contributed by atoms with Gasteiger partial charge < -0.3 is 9.47 Å². The maximum Gasteiger partial charge on any atom is 0.339 e. The molecule has 0 heterocycles. The number of methoxy groups -OCH3 is 1. The van der Waals surface area contributed by atoms with Gasteiger partial charge in [-0.3, -0.25) is 0 Å². The Bertz CT molecular complexity index is 567. The fourth-order valence-electron chi connectivity index (χ4n) is 1.59. The van der Waals surface area contributed by atoms with E-state index in [1.807, 2.05) is 30.3 Å². The van der Waals surface area contributed by atoms with Crippen LogP contribution in [-0.2, 0) is 11.3 Å². The van der Waals surface area contributed by atoms with Crippen LogP contribution >= 0.6 is 15.9 Å². The number of ether oxygens (including phenoxy) is 2. The molecule has 0 N–H and O–H groups in total. The number of hydrogen-bond donors (Lipinski definition) is 0. The van der Waals surface area contributed by atoms with Crippen molar-refractivity contribution in [2.24, 2.45) is 0 Å². The quantitative estimate of drug-likeness (QED) is 0.803. The minimum Gasteiger partial charge on any atom is -0.497 e. The highest BCUT2D eigenvalue weighted by Crippen LogP contribution is 2.23. The van der Waals surface area contributed by atoms with E-state index >= 15 is 0 Å². The van der Waals surface area contributed by atoms with E-state index in [1.165, 1.54) is 0 Å². The highest BCUT2D eigenvalue weighted by Gasteiger charge is 2.12. The van der Waals surface area contributed by atoms with Gasteiger partial charge in [0.1, 0.15) is 12.4 Å². The van der Waals surface area contributed by atoms with Gasteiger partial charge in [-0.15, -0.1) is 0 Å². The van der Waals surface area contributed by atoms with Crippen molar-refractivity contribution in [2.75, 3.05) is 7.11 Å². The Labute approximate surface area is 120 Å². The molecule has 0 fully saturated rings. The van der Waals surface area contributed by atoms with E-state index in [-0.39, 0.29) is 12.6 Å². The molecule has 0 saturated heterocycles. The van der Waals surface area contributed by atoms with Crippen LogP contribution in [0.25, 0.3) is 0 Å². The molecule has 2 rings (SSSR count). The number of hydrogen-bond acceptors (Lipinski definition) is 3. The fourth-order valence-corrected chi connectivity index (χ4v) is 2.11. The van der Waals surface area contributed by atoms with E-state index < -0.39 is 0 Å². The Balaban J connectivity index is 2.04. The number of carbonyl (C=O) groups excluding carboxylic acids is 1. The molecule has 19 heavy (non-hydrogen) atoms. The van der Waals surface area contributed by atoms with Crippen molar-refractivity contribution in [3.8, 4) is 5.75 Å². The van der Waals surface area contributed by atoms with Crippen molar-refractivity contribution in [1.82, 2.24) is 0 Å². The van der Waals surface area contributed by atoms with Crippen molar-refractivity contribution in [2.45, 2.75) is 6.61 Å². The second-order valence-electron chi connectivity index (χ2n) is 3.91. The van der Waals surface area contributed by atoms with Gasteiger partial charge in [-0.2, -0.15) is 0 Å². The van der Waals surface area contributed by atoms with Crippen LogP contribution < -0.4 is 4.74 Å². The lowest BCUT2D eigenvalue weighted by atomic mass is 10.2. The number of carbonyl (C=O) groups is 1. The van der Waals surface area contributed by atoms with Gasteiger partial charge in [0.2, 0.25) is 0 Å². The van der Waals surface area contributed by atoms with Gasteiger partial charge in [0.25, 0.3) is 0 Å². The van der Waals surface area contributed by atoms with E-state index in [2.05, 4.69) is 15.9 Å². The Hall–Kier alpha value is -1.81.